The van der Waals surface area contributed by atoms with Gasteiger partial charge in [0.15, 0.2) is 5.82 Å². The van der Waals surface area contributed by atoms with E-state index >= 15 is 0 Å². The fourth-order valence-corrected chi connectivity index (χ4v) is 3.53. The van der Waals surface area contributed by atoms with Crippen LogP contribution in [0.25, 0.3) is 0 Å². The predicted octanol–water partition coefficient (Wildman–Crippen LogP) is 2.28. The molecule has 5 nitrogen and oxygen atoms in total. The van der Waals surface area contributed by atoms with Crippen LogP contribution in [0.4, 0.5) is 5.82 Å². The van der Waals surface area contributed by atoms with Crippen molar-refractivity contribution < 1.29 is 8.42 Å². The van der Waals surface area contributed by atoms with E-state index in [1.807, 2.05) is 0 Å². The van der Waals surface area contributed by atoms with Crippen LogP contribution >= 0.6 is 28.1 Å². The first kappa shape index (κ1) is 14.9. The number of nitrogens with one attached hydrogen (secondary N) is 1. The summed E-state index contributed by atoms with van der Waals surface area (Å²) in [7, 11) is -3.82. The molecule has 0 saturated carbocycles. The lowest BCUT2D eigenvalue weighted by molar-refractivity contribution is 0.601. The molecule has 0 aliphatic heterocycles. The average Bonchev–Trinajstić information content (AvgIpc) is 2.41. The summed E-state index contributed by atoms with van der Waals surface area (Å²) in [6.45, 7) is 0. The molecule has 0 aliphatic carbocycles. The maximum atomic E-state index is 12.4. The van der Waals surface area contributed by atoms with E-state index in [0.717, 1.165) is 0 Å². The molecule has 1 heterocycles. The van der Waals surface area contributed by atoms with Crippen molar-refractivity contribution in [1.29, 1.82) is 0 Å². The van der Waals surface area contributed by atoms with Crippen LogP contribution in [0.3, 0.4) is 0 Å². The molecule has 0 aliphatic rings. The molecular formula is C12H10BrN3O2S2. The molecule has 1 aromatic heterocycles. The van der Waals surface area contributed by atoms with Gasteiger partial charge in [-0.15, -0.1) is 0 Å². The summed E-state index contributed by atoms with van der Waals surface area (Å²) in [6, 6.07) is 9.64. The quantitative estimate of drug-likeness (QED) is 0.805. The Morgan fingerprint density at radius 2 is 1.95 bits per heavy atom. The molecule has 0 spiro atoms. The Morgan fingerprint density at radius 3 is 2.60 bits per heavy atom. The number of rotatable bonds is 4. The number of nitrogens with zero attached hydrogens (tertiary/aromatic N) is 1. The zero-order valence-electron chi connectivity index (χ0n) is 10.1. The van der Waals surface area contributed by atoms with Crippen molar-refractivity contribution in [1.82, 2.24) is 4.98 Å². The molecule has 0 atom stereocenters. The Kier molecular flexibility index (Phi) is 4.36. The van der Waals surface area contributed by atoms with Crippen molar-refractivity contribution in [3.05, 3.63) is 52.6 Å². The van der Waals surface area contributed by atoms with Crippen LogP contribution in [0.5, 0.6) is 0 Å². The molecule has 2 rings (SSSR count). The minimum atomic E-state index is -3.82. The smallest absolute Gasteiger partial charge is 0.263 e. The highest BCUT2D eigenvalue weighted by Gasteiger charge is 2.20. The largest absolute Gasteiger partial charge is 0.389 e. The molecule has 0 radical (unpaired) electrons. The van der Waals surface area contributed by atoms with Gasteiger partial charge in [-0.25, -0.2) is 13.4 Å². The summed E-state index contributed by atoms with van der Waals surface area (Å²) in [5.41, 5.74) is 5.84. The SMILES string of the molecule is NC(=S)c1ccccc1S(=O)(=O)Nc1ncccc1Br. The van der Waals surface area contributed by atoms with Crippen molar-refractivity contribution in [2.45, 2.75) is 4.90 Å². The van der Waals surface area contributed by atoms with E-state index < -0.39 is 10.0 Å². The predicted molar refractivity (Wildman–Crippen MR) is 85.1 cm³/mol. The van der Waals surface area contributed by atoms with Crippen LogP contribution in [0.1, 0.15) is 5.56 Å². The van der Waals surface area contributed by atoms with Crippen LogP contribution in [0.2, 0.25) is 0 Å². The number of sulfonamides is 1. The number of nitrogens with two attached hydrogens (primary N) is 1. The number of pyridine rings is 1. The number of anilines is 1. The summed E-state index contributed by atoms with van der Waals surface area (Å²) in [5.74, 6) is 0.199. The first-order valence-electron chi connectivity index (χ1n) is 5.44. The van der Waals surface area contributed by atoms with E-state index in [9.17, 15) is 8.42 Å². The minimum absolute atomic E-state index is 0.0186. The molecule has 8 heteroatoms. The molecule has 2 aromatic rings. The molecule has 104 valence electrons. The Hall–Kier alpha value is -1.51. The molecule has 0 bridgehead atoms. The number of hydrogen-bond acceptors (Lipinski definition) is 4. The van der Waals surface area contributed by atoms with E-state index in [0.29, 0.717) is 10.0 Å². The van der Waals surface area contributed by atoms with Crippen molar-refractivity contribution in [2.24, 2.45) is 5.73 Å². The highest BCUT2D eigenvalue weighted by Crippen LogP contribution is 2.23. The van der Waals surface area contributed by atoms with Gasteiger partial charge in [0.2, 0.25) is 0 Å². The lowest BCUT2D eigenvalue weighted by Gasteiger charge is -2.11. The second kappa shape index (κ2) is 5.86. The van der Waals surface area contributed by atoms with Crippen LogP contribution < -0.4 is 10.5 Å². The standard InChI is InChI=1S/C12H10BrN3O2S2/c13-9-5-3-7-15-12(9)16-20(17,18)10-6-2-1-4-8(10)11(14)19/h1-7H,(H2,14,19)(H,15,16). The highest BCUT2D eigenvalue weighted by molar-refractivity contribution is 9.10. The van der Waals surface area contributed by atoms with Crippen LogP contribution in [0.15, 0.2) is 52.0 Å². The molecule has 0 amide bonds. The van der Waals surface area contributed by atoms with Gasteiger partial charge in [-0.1, -0.05) is 30.4 Å². The lowest BCUT2D eigenvalue weighted by atomic mass is 10.2. The van der Waals surface area contributed by atoms with Gasteiger partial charge in [0, 0.05) is 11.8 Å². The van der Waals surface area contributed by atoms with Gasteiger partial charge in [-0.3, -0.25) is 4.72 Å². The van der Waals surface area contributed by atoms with Crippen LogP contribution in [-0.4, -0.2) is 18.4 Å². The molecule has 20 heavy (non-hydrogen) atoms. The summed E-state index contributed by atoms with van der Waals surface area (Å²) in [6.07, 6.45) is 1.49. The van der Waals surface area contributed by atoms with Gasteiger partial charge in [0.05, 0.1) is 9.37 Å². The number of thiocarbonyl (C=S) groups is 1. The van der Waals surface area contributed by atoms with E-state index in [1.165, 1.54) is 12.3 Å². The number of halogens is 1. The lowest BCUT2D eigenvalue weighted by Crippen LogP contribution is -2.20. The minimum Gasteiger partial charge on any atom is -0.389 e. The highest BCUT2D eigenvalue weighted by atomic mass is 79.9. The number of hydrogen-bond donors (Lipinski definition) is 2. The first-order chi connectivity index (χ1) is 9.42. The normalized spacial score (nSPS) is 11.1. The molecular weight excluding hydrogens is 362 g/mol. The van der Waals surface area contributed by atoms with Crippen molar-refractivity contribution in [3.63, 3.8) is 0 Å². The topological polar surface area (TPSA) is 85.1 Å². The zero-order valence-corrected chi connectivity index (χ0v) is 13.3. The van der Waals surface area contributed by atoms with Gasteiger partial charge in [-0.2, -0.15) is 0 Å². The van der Waals surface area contributed by atoms with E-state index in [2.05, 4.69) is 25.6 Å². The number of benzene rings is 1. The molecule has 0 saturated heterocycles. The summed E-state index contributed by atoms with van der Waals surface area (Å²) < 4.78 is 27.7. The molecule has 1 aromatic carbocycles. The van der Waals surface area contributed by atoms with E-state index in [4.69, 9.17) is 18.0 Å². The first-order valence-corrected chi connectivity index (χ1v) is 8.12. The van der Waals surface area contributed by atoms with Gasteiger partial charge in [0.25, 0.3) is 10.0 Å². The van der Waals surface area contributed by atoms with Crippen molar-refractivity contribution in [2.75, 3.05) is 4.72 Å². The fraction of sp³-hybridized carbons (Fsp3) is 0. The second-order valence-electron chi connectivity index (χ2n) is 3.80. The van der Waals surface area contributed by atoms with Crippen LogP contribution in [0, 0.1) is 0 Å². The Bertz CT molecular complexity index is 763. The maximum Gasteiger partial charge on any atom is 0.263 e. The van der Waals surface area contributed by atoms with E-state index in [-0.39, 0.29) is 15.7 Å². The monoisotopic (exact) mass is 371 g/mol. The zero-order chi connectivity index (χ0) is 14.8. The third kappa shape index (κ3) is 3.14. The third-order valence-corrected chi connectivity index (χ3v) is 4.69. The van der Waals surface area contributed by atoms with E-state index in [1.54, 1.807) is 30.3 Å². The van der Waals surface area contributed by atoms with Crippen molar-refractivity contribution >= 4 is 49.0 Å². The van der Waals surface area contributed by atoms with Gasteiger partial charge < -0.3 is 5.73 Å². The second-order valence-corrected chi connectivity index (χ2v) is 6.74. The Labute approximate surface area is 130 Å². The molecule has 0 fully saturated rings. The summed E-state index contributed by atoms with van der Waals surface area (Å²) in [5, 5.41) is 0. The van der Waals surface area contributed by atoms with Crippen molar-refractivity contribution in [3.8, 4) is 0 Å². The number of aromatic nitrogens is 1. The Balaban J connectivity index is 2.47. The average molecular weight is 372 g/mol. The fourth-order valence-electron chi connectivity index (χ4n) is 1.55. The maximum absolute atomic E-state index is 12.4. The summed E-state index contributed by atoms with van der Waals surface area (Å²) >= 11 is 8.10. The molecule has 0 unspecified atom stereocenters. The molecule has 3 N–H and O–H groups in total. The van der Waals surface area contributed by atoms with Gasteiger partial charge in [-0.05, 0) is 34.1 Å². The van der Waals surface area contributed by atoms with Gasteiger partial charge in [0.1, 0.15) is 4.99 Å². The Morgan fingerprint density at radius 1 is 1.25 bits per heavy atom. The third-order valence-electron chi connectivity index (χ3n) is 2.43. The van der Waals surface area contributed by atoms with Crippen LogP contribution in [-0.2, 0) is 10.0 Å². The summed E-state index contributed by atoms with van der Waals surface area (Å²) in [4.78, 5) is 4.00. The van der Waals surface area contributed by atoms with Gasteiger partial charge >= 0.3 is 0 Å².